The third-order valence-corrected chi connectivity index (χ3v) is 3.13. The Morgan fingerprint density at radius 2 is 1.94 bits per heavy atom. The lowest BCUT2D eigenvalue weighted by molar-refractivity contribution is 0.405. The molecule has 16 heavy (non-hydrogen) atoms. The Morgan fingerprint density at radius 1 is 1.31 bits per heavy atom. The summed E-state index contributed by atoms with van der Waals surface area (Å²) in [4.78, 5) is 6.50. The molecule has 2 unspecified atom stereocenters. The van der Waals surface area contributed by atoms with E-state index in [4.69, 9.17) is 23.2 Å². The Morgan fingerprint density at radius 3 is 2.50 bits per heavy atom. The summed E-state index contributed by atoms with van der Waals surface area (Å²) in [5.41, 5.74) is 0. The Kier molecular flexibility index (Phi) is 3.57. The zero-order valence-corrected chi connectivity index (χ0v) is 10.9. The molecule has 0 bridgehead atoms. The highest BCUT2D eigenvalue weighted by atomic mass is 35.5. The SMILES string of the molecule is CC1CN(c2ncc(Cl)cc2Cl)CC(C)N1. The molecule has 0 spiro atoms. The van der Waals surface area contributed by atoms with Crippen LogP contribution >= 0.6 is 23.2 Å². The Bertz CT molecular complexity index is 373. The van der Waals surface area contributed by atoms with Gasteiger partial charge >= 0.3 is 0 Å². The molecule has 2 rings (SSSR count). The zero-order valence-electron chi connectivity index (χ0n) is 9.37. The normalized spacial score (nSPS) is 25.9. The molecule has 1 aromatic rings. The second-order valence-corrected chi connectivity index (χ2v) is 5.18. The van der Waals surface area contributed by atoms with Crippen molar-refractivity contribution in [2.24, 2.45) is 0 Å². The molecule has 88 valence electrons. The number of pyridine rings is 1. The summed E-state index contributed by atoms with van der Waals surface area (Å²) in [6.45, 7) is 6.15. The third-order valence-electron chi connectivity index (χ3n) is 2.65. The quantitative estimate of drug-likeness (QED) is 0.841. The van der Waals surface area contributed by atoms with Crippen LogP contribution in [0.4, 0.5) is 5.82 Å². The zero-order chi connectivity index (χ0) is 11.7. The highest BCUT2D eigenvalue weighted by molar-refractivity contribution is 6.36. The van der Waals surface area contributed by atoms with Crippen LogP contribution in [0.5, 0.6) is 0 Å². The standard InChI is InChI=1S/C11H15Cl2N3/c1-7-5-16(6-8(2)15-7)11-10(13)3-9(12)4-14-11/h3-4,7-8,15H,5-6H2,1-2H3. The molecule has 0 saturated carbocycles. The first-order valence-corrected chi connectivity index (χ1v) is 6.14. The molecule has 1 N–H and O–H groups in total. The van der Waals surface area contributed by atoms with E-state index in [2.05, 4.69) is 29.0 Å². The van der Waals surface area contributed by atoms with E-state index in [9.17, 15) is 0 Å². The van der Waals surface area contributed by atoms with E-state index in [0.717, 1.165) is 18.9 Å². The minimum Gasteiger partial charge on any atom is -0.352 e. The average molecular weight is 260 g/mol. The number of hydrogen-bond donors (Lipinski definition) is 1. The van der Waals surface area contributed by atoms with Crippen LogP contribution in [0.1, 0.15) is 13.8 Å². The number of anilines is 1. The fourth-order valence-corrected chi connectivity index (χ4v) is 2.64. The second kappa shape index (κ2) is 4.78. The van der Waals surface area contributed by atoms with Crippen molar-refractivity contribution < 1.29 is 0 Å². The van der Waals surface area contributed by atoms with Gasteiger partial charge in [0.05, 0.1) is 10.0 Å². The van der Waals surface area contributed by atoms with Crippen LogP contribution in [0.15, 0.2) is 12.3 Å². The minimum absolute atomic E-state index is 0.442. The summed E-state index contributed by atoms with van der Waals surface area (Å²) in [6.07, 6.45) is 1.64. The molecule has 5 heteroatoms. The maximum absolute atomic E-state index is 6.15. The van der Waals surface area contributed by atoms with Gasteiger partial charge in [-0.2, -0.15) is 0 Å². The Labute approximate surface area is 106 Å². The van der Waals surface area contributed by atoms with E-state index in [1.807, 2.05) is 0 Å². The first-order chi connectivity index (χ1) is 7.56. The monoisotopic (exact) mass is 259 g/mol. The fraction of sp³-hybridized carbons (Fsp3) is 0.545. The van der Waals surface area contributed by atoms with Crippen LogP contribution < -0.4 is 10.2 Å². The molecule has 1 saturated heterocycles. The van der Waals surface area contributed by atoms with Crippen LogP contribution in [0.25, 0.3) is 0 Å². The molecule has 1 fully saturated rings. The van der Waals surface area contributed by atoms with Crippen molar-refractivity contribution in [1.29, 1.82) is 0 Å². The van der Waals surface area contributed by atoms with Crippen molar-refractivity contribution in [1.82, 2.24) is 10.3 Å². The summed E-state index contributed by atoms with van der Waals surface area (Å²) in [5.74, 6) is 0.825. The van der Waals surface area contributed by atoms with Gasteiger partial charge in [0.2, 0.25) is 0 Å². The van der Waals surface area contributed by atoms with E-state index in [-0.39, 0.29) is 0 Å². The van der Waals surface area contributed by atoms with Crippen LogP contribution in [0.2, 0.25) is 10.0 Å². The summed E-state index contributed by atoms with van der Waals surface area (Å²) < 4.78 is 0. The largest absolute Gasteiger partial charge is 0.352 e. The van der Waals surface area contributed by atoms with Crippen molar-refractivity contribution in [2.45, 2.75) is 25.9 Å². The summed E-state index contributed by atoms with van der Waals surface area (Å²) in [7, 11) is 0. The first kappa shape index (κ1) is 12.0. The predicted octanol–water partition coefficient (Wildman–Crippen LogP) is 2.58. The van der Waals surface area contributed by atoms with Crippen molar-refractivity contribution in [3.05, 3.63) is 22.3 Å². The van der Waals surface area contributed by atoms with Gasteiger partial charge in [-0.15, -0.1) is 0 Å². The molecule has 3 nitrogen and oxygen atoms in total. The van der Waals surface area contributed by atoms with E-state index in [0.29, 0.717) is 22.1 Å². The molecule has 1 aromatic heterocycles. The van der Waals surface area contributed by atoms with Gasteiger partial charge in [-0.25, -0.2) is 4.98 Å². The van der Waals surface area contributed by atoms with Gasteiger partial charge in [-0.3, -0.25) is 0 Å². The lowest BCUT2D eigenvalue weighted by Crippen LogP contribution is -2.54. The van der Waals surface area contributed by atoms with Gasteiger partial charge in [0, 0.05) is 31.4 Å². The van der Waals surface area contributed by atoms with Crippen LogP contribution in [0.3, 0.4) is 0 Å². The third kappa shape index (κ3) is 2.59. The van der Waals surface area contributed by atoms with E-state index >= 15 is 0 Å². The van der Waals surface area contributed by atoms with Crippen molar-refractivity contribution in [2.75, 3.05) is 18.0 Å². The maximum atomic E-state index is 6.15. The summed E-state index contributed by atoms with van der Waals surface area (Å²) in [6, 6.07) is 2.62. The highest BCUT2D eigenvalue weighted by Gasteiger charge is 2.23. The number of nitrogens with one attached hydrogen (secondary N) is 1. The minimum atomic E-state index is 0.442. The van der Waals surface area contributed by atoms with Crippen molar-refractivity contribution in [3.63, 3.8) is 0 Å². The van der Waals surface area contributed by atoms with E-state index in [1.54, 1.807) is 12.3 Å². The Balaban J connectivity index is 2.23. The van der Waals surface area contributed by atoms with Crippen LogP contribution in [0, 0.1) is 0 Å². The molecule has 0 aromatic carbocycles. The van der Waals surface area contributed by atoms with Gasteiger partial charge in [0.25, 0.3) is 0 Å². The number of rotatable bonds is 1. The fourth-order valence-electron chi connectivity index (χ4n) is 2.14. The molecule has 0 aliphatic carbocycles. The van der Waals surface area contributed by atoms with Gasteiger partial charge < -0.3 is 10.2 Å². The van der Waals surface area contributed by atoms with Crippen LogP contribution in [-0.2, 0) is 0 Å². The number of piperazine rings is 1. The van der Waals surface area contributed by atoms with Gasteiger partial charge in [-0.1, -0.05) is 23.2 Å². The van der Waals surface area contributed by atoms with Gasteiger partial charge in [0.1, 0.15) is 5.82 Å². The molecule has 0 radical (unpaired) electrons. The molecular formula is C11H15Cl2N3. The highest BCUT2D eigenvalue weighted by Crippen LogP contribution is 2.27. The van der Waals surface area contributed by atoms with Gasteiger partial charge in [0.15, 0.2) is 0 Å². The predicted molar refractivity (Wildman–Crippen MR) is 68.5 cm³/mol. The van der Waals surface area contributed by atoms with Crippen molar-refractivity contribution >= 4 is 29.0 Å². The van der Waals surface area contributed by atoms with E-state index < -0.39 is 0 Å². The molecule has 2 heterocycles. The first-order valence-electron chi connectivity index (χ1n) is 5.38. The van der Waals surface area contributed by atoms with Crippen LogP contribution in [-0.4, -0.2) is 30.2 Å². The Hall–Kier alpha value is -0.510. The number of aromatic nitrogens is 1. The lowest BCUT2D eigenvalue weighted by atomic mass is 10.1. The maximum Gasteiger partial charge on any atom is 0.147 e. The average Bonchev–Trinajstić information content (AvgIpc) is 2.15. The number of hydrogen-bond acceptors (Lipinski definition) is 3. The summed E-state index contributed by atoms with van der Waals surface area (Å²) in [5, 5.41) is 4.66. The summed E-state index contributed by atoms with van der Waals surface area (Å²) >= 11 is 12.0. The molecule has 0 amide bonds. The molecule has 1 aliphatic heterocycles. The number of halogens is 2. The molecule has 1 aliphatic rings. The second-order valence-electron chi connectivity index (χ2n) is 4.33. The topological polar surface area (TPSA) is 28.2 Å². The van der Waals surface area contributed by atoms with Gasteiger partial charge in [-0.05, 0) is 19.9 Å². The van der Waals surface area contributed by atoms with Crippen molar-refractivity contribution in [3.8, 4) is 0 Å². The smallest absolute Gasteiger partial charge is 0.147 e. The van der Waals surface area contributed by atoms with E-state index in [1.165, 1.54) is 0 Å². The molecular weight excluding hydrogens is 245 g/mol. The molecule has 2 atom stereocenters. The lowest BCUT2D eigenvalue weighted by Gasteiger charge is -2.37. The number of nitrogens with zero attached hydrogens (tertiary/aromatic N) is 2.